The highest BCUT2D eigenvalue weighted by molar-refractivity contribution is 8.01. The average Bonchev–Trinajstić information content (AvgIpc) is 4.02. The lowest BCUT2D eigenvalue weighted by molar-refractivity contribution is 0.200. The zero-order valence-corrected chi connectivity index (χ0v) is 38.1. The Hall–Kier alpha value is -4.75. The van der Waals surface area contributed by atoms with Gasteiger partial charge in [-0.2, -0.15) is 0 Å². The summed E-state index contributed by atoms with van der Waals surface area (Å²) >= 11 is 2.17. The molecule has 0 saturated carbocycles. The molecule has 328 valence electrons. The molecular formula is C57H64N6S. The van der Waals surface area contributed by atoms with E-state index in [1.54, 1.807) is 28.1 Å². The van der Waals surface area contributed by atoms with Crippen molar-refractivity contribution in [3.63, 3.8) is 0 Å². The second-order valence-electron chi connectivity index (χ2n) is 20.6. The summed E-state index contributed by atoms with van der Waals surface area (Å²) in [7, 11) is 0. The summed E-state index contributed by atoms with van der Waals surface area (Å²) in [5.41, 5.74) is 20.4. The van der Waals surface area contributed by atoms with Crippen LogP contribution in [0.1, 0.15) is 96.3 Å². The van der Waals surface area contributed by atoms with Crippen LogP contribution in [-0.4, -0.2) is 56.3 Å². The van der Waals surface area contributed by atoms with Crippen LogP contribution < -0.4 is 11.1 Å². The van der Waals surface area contributed by atoms with E-state index in [0.717, 1.165) is 75.2 Å². The third-order valence-electron chi connectivity index (χ3n) is 17.2. The molecule has 0 spiro atoms. The van der Waals surface area contributed by atoms with Crippen molar-refractivity contribution in [1.82, 2.24) is 15.1 Å². The fourth-order valence-electron chi connectivity index (χ4n) is 14.4. The molecule has 1 fully saturated rings. The van der Waals surface area contributed by atoms with Crippen molar-refractivity contribution in [3.05, 3.63) is 166 Å². The first-order valence-corrected chi connectivity index (χ1v) is 26.2. The van der Waals surface area contributed by atoms with Gasteiger partial charge in [0.05, 0.1) is 12.1 Å². The topological polar surface area (TPSA) is 69.2 Å². The number of allylic oxidation sites excluding steroid dienone is 15. The Labute approximate surface area is 385 Å². The summed E-state index contributed by atoms with van der Waals surface area (Å²) in [5.74, 6) is 4.46. The Morgan fingerprint density at radius 3 is 2.58 bits per heavy atom. The number of rotatable bonds is 6. The molecule has 64 heavy (non-hydrogen) atoms. The zero-order valence-electron chi connectivity index (χ0n) is 37.3. The van der Waals surface area contributed by atoms with Gasteiger partial charge in [0.15, 0.2) is 0 Å². The van der Waals surface area contributed by atoms with E-state index in [0.29, 0.717) is 40.2 Å². The van der Waals surface area contributed by atoms with Gasteiger partial charge < -0.3 is 20.9 Å². The van der Waals surface area contributed by atoms with Gasteiger partial charge in [-0.25, -0.2) is 9.98 Å². The molecule has 6 nitrogen and oxygen atoms in total. The van der Waals surface area contributed by atoms with Gasteiger partial charge in [-0.15, -0.1) is 11.8 Å². The number of nitrogens with zero attached hydrogens (tertiary/aromatic N) is 4. The molecule has 0 bridgehead atoms. The Morgan fingerprint density at radius 1 is 0.766 bits per heavy atom. The van der Waals surface area contributed by atoms with Gasteiger partial charge in [0.1, 0.15) is 17.8 Å². The normalized spacial score (nSPS) is 39.1. The second-order valence-corrected chi connectivity index (χ2v) is 22.0. The van der Waals surface area contributed by atoms with Crippen LogP contribution in [-0.2, 0) is 0 Å². The van der Waals surface area contributed by atoms with Crippen LogP contribution >= 0.6 is 11.8 Å². The minimum atomic E-state index is -0.188. The highest BCUT2D eigenvalue weighted by Gasteiger charge is 2.55. The number of amidine groups is 2. The van der Waals surface area contributed by atoms with Crippen molar-refractivity contribution in [2.45, 2.75) is 131 Å². The SMILES string of the molecule is NC1=CCC(N2C3=C(CCC4C3C3=C(CCCC3)N4C3=CCCC=C3)C3C=CC=CC32)C(C2=NC(C3C=CC4SC5CC=CC=C5C4C3)N=C(C3CC=CC=C3C3CC=CCC3)N2)=C1. The van der Waals surface area contributed by atoms with Gasteiger partial charge in [0, 0.05) is 68.6 Å². The maximum atomic E-state index is 6.96. The number of thioether (sulfide) groups is 1. The molecule has 4 heterocycles. The monoisotopic (exact) mass is 864 g/mol. The molecule has 1 saturated heterocycles. The molecule has 9 aliphatic carbocycles. The van der Waals surface area contributed by atoms with Gasteiger partial charge in [-0.3, -0.25) is 0 Å². The van der Waals surface area contributed by atoms with Gasteiger partial charge in [-0.05, 0) is 131 Å². The van der Waals surface area contributed by atoms with Crippen molar-refractivity contribution in [2.75, 3.05) is 0 Å². The quantitative estimate of drug-likeness (QED) is 0.260. The molecule has 0 radical (unpaired) electrons. The van der Waals surface area contributed by atoms with Gasteiger partial charge in [-0.1, -0.05) is 114 Å². The number of fused-ring (bicyclic) bond motifs is 8. The summed E-state index contributed by atoms with van der Waals surface area (Å²) in [4.78, 5) is 17.3. The highest BCUT2D eigenvalue weighted by atomic mass is 32.2. The van der Waals surface area contributed by atoms with Gasteiger partial charge >= 0.3 is 0 Å². The Bertz CT molecular complexity index is 2500. The maximum absolute atomic E-state index is 6.96. The minimum Gasteiger partial charge on any atom is -0.399 e. The van der Waals surface area contributed by atoms with E-state index < -0.39 is 0 Å². The molecule has 12 atom stereocenters. The zero-order chi connectivity index (χ0) is 42.3. The first-order valence-electron chi connectivity index (χ1n) is 25.2. The van der Waals surface area contributed by atoms with Crippen molar-refractivity contribution in [1.29, 1.82) is 0 Å². The van der Waals surface area contributed by atoms with Crippen molar-refractivity contribution < 1.29 is 0 Å². The van der Waals surface area contributed by atoms with Crippen LogP contribution in [0.2, 0.25) is 0 Å². The van der Waals surface area contributed by atoms with E-state index >= 15 is 0 Å². The van der Waals surface area contributed by atoms with Crippen LogP contribution in [0.3, 0.4) is 0 Å². The molecule has 0 aromatic rings. The molecule has 7 heteroatoms. The van der Waals surface area contributed by atoms with E-state index in [2.05, 4.69) is 142 Å². The number of aliphatic imine (C=N–C) groups is 2. The minimum absolute atomic E-state index is 0.103. The number of hydrogen-bond donors (Lipinski definition) is 2. The fraction of sp³-hybridized carbons (Fsp3) is 0.474. The molecular weight excluding hydrogens is 801 g/mol. The predicted molar refractivity (Wildman–Crippen MR) is 265 cm³/mol. The Morgan fingerprint density at radius 2 is 1.67 bits per heavy atom. The fourth-order valence-corrected chi connectivity index (χ4v) is 16.1. The number of nitrogens with one attached hydrogen (secondary N) is 1. The van der Waals surface area contributed by atoms with Gasteiger partial charge in [0.2, 0.25) is 0 Å². The lowest BCUT2D eigenvalue weighted by atomic mass is 9.75. The summed E-state index contributed by atoms with van der Waals surface area (Å²) in [6.45, 7) is 0. The van der Waals surface area contributed by atoms with Crippen LogP contribution in [0.15, 0.2) is 176 Å². The van der Waals surface area contributed by atoms with Crippen molar-refractivity contribution in [2.24, 2.45) is 51.2 Å². The average molecular weight is 865 g/mol. The van der Waals surface area contributed by atoms with E-state index in [-0.39, 0.29) is 30.1 Å². The third kappa shape index (κ3) is 6.55. The molecule has 0 amide bonds. The summed E-state index contributed by atoms with van der Waals surface area (Å²) in [6, 6.07) is 0.853. The highest BCUT2D eigenvalue weighted by Crippen LogP contribution is 2.58. The summed E-state index contributed by atoms with van der Waals surface area (Å²) in [6.07, 6.45) is 62.7. The molecule has 3 N–H and O–H groups in total. The third-order valence-corrected chi connectivity index (χ3v) is 18.8. The summed E-state index contributed by atoms with van der Waals surface area (Å²) < 4.78 is 0. The molecule has 13 rings (SSSR count). The predicted octanol–water partition coefficient (Wildman–Crippen LogP) is 11.5. The standard InChI is InChI=1S/C57H64N6S/c58-37-28-30-49(63-47-24-12-9-20-40(47)42-29-31-50-53(54(42)63)44-23-10-13-25-48(44)62(50)38-17-5-2-6-18-38)46(34-37)57-60-55(36-27-32-52-45(33-36)41-21-11-14-26-51(41)64-52)59-56(61-57)43-22-8-7-19-39(43)35-15-3-1-4-16-35/h1,3,5,7-9,11-12,14,17-21,24,27-28,32,34-36,40,43,45,47,49-53,55H,2,4,6,10,13,15-16,22-23,25-26,29-31,33,58H2,(H,59,60,61). The Kier molecular flexibility index (Phi) is 10.1. The maximum Gasteiger partial charge on any atom is 0.150 e. The number of nitrogens with two attached hydrogens (primary N) is 1. The van der Waals surface area contributed by atoms with Crippen molar-refractivity contribution in [3.8, 4) is 0 Å². The van der Waals surface area contributed by atoms with Crippen LogP contribution in [0.5, 0.6) is 0 Å². The lowest BCUT2D eigenvalue weighted by Gasteiger charge is -2.45. The van der Waals surface area contributed by atoms with E-state index in [9.17, 15) is 0 Å². The smallest absolute Gasteiger partial charge is 0.150 e. The largest absolute Gasteiger partial charge is 0.399 e. The molecule has 12 unspecified atom stereocenters. The van der Waals surface area contributed by atoms with Crippen LogP contribution in [0.4, 0.5) is 0 Å². The first kappa shape index (κ1) is 39.6. The molecule has 13 aliphatic rings. The first-order chi connectivity index (χ1) is 31.7. The van der Waals surface area contributed by atoms with E-state index in [1.165, 1.54) is 55.4 Å². The number of hydrogen-bond acceptors (Lipinski definition) is 7. The Balaban J connectivity index is 0.903. The van der Waals surface area contributed by atoms with E-state index in [1.807, 2.05) is 0 Å². The van der Waals surface area contributed by atoms with E-state index in [4.69, 9.17) is 15.7 Å². The molecule has 4 aliphatic heterocycles. The van der Waals surface area contributed by atoms with Crippen molar-refractivity contribution >= 4 is 23.4 Å². The molecule has 0 aromatic carbocycles. The van der Waals surface area contributed by atoms with Gasteiger partial charge in [0.25, 0.3) is 0 Å². The molecule has 0 aromatic heterocycles. The lowest BCUT2D eigenvalue weighted by Crippen LogP contribution is -2.51. The second kappa shape index (κ2) is 16.3. The van der Waals surface area contributed by atoms with Crippen LogP contribution in [0.25, 0.3) is 0 Å². The van der Waals surface area contributed by atoms with Crippen LogP contribution in [0, 0.1) is 35.5 Å². The summed E-state index contributed by atoms with van der Waals surface area (Å²) in [5, 5.41) is 5.24.